The van der Waals surface area contributed by atoms with Crippen LogP contribution in [-0.4, -0.2) is 77.8 Å². The third-order valence-electron chi connectivity index (χ3n) is 7.22. The van der Waals surface area contributed by atoms with Crippen LogP contribution in [0.15, 0.2) is 24.4 Å². The molecule has 2 saturated heterocycles. The summed E-state index contributed by atoms with van der Waals surface area (Å²) in [6, 6.07) is 6.09. The summed E-state index contributed by atoms with van der Waals surface area (Å²) in [5.74, 6) is -0.318. The summed E-state index contributed by atoms with van der Waals surface area (Å²) in [6.45, 7) is 14.3. The molecule has 0 spiro atoms. The predicted molar refractivity (Wildman–Crippen MR) is 155 cm³/mol. The van der Waals surface area contributed by atoms with Crippen molar-refractivity contribution in [1.29, 1.82) is 0 Å². The van der Waals surface area contributed by atoms with Crippen molar-refractivity contribution in [2.24, 2.45) is 0 Å². The summed E-state index contributed by atoms with van der Waals surface area (Å²) >= 11 is 0. The van der Waals surface area contributed by atoms with E-state index in [9.17, 15) is 18.0 Å². The maximum absolute atomic E-state index is 13.7. The molecule has 41 heavy (non-hydrogen) atoms. The molecule has 0 aliphatic carbocycles. The third-order valence-corrected chi connectivity index (χ3v) is 7.22. The number of carbonyl (C=O) groups is 1. The Morgan fingerprint density at radius 1 is 1.15 bits per heavy atom. The van der Waals surface area contributed by atoms with Crippen LogP contribution in [0.5, 0.6) is 0 Å². The normalized spacial score (nSPS) is 19.2. The van der Waals surface area contributed by atoms with E-state index >= 15 is 0 Å². The van der Waals surface area contributed by atoms with Crippen molar-refractivity contribution in [3.05, 3.63) is 35.5 Å². The quantitative estimate of drug-likeness (QED) is 0.366. The van der Waals surface area contributed by atoms with E-state index in [1.807, 2.05) is 19.1 Å². The van der Waals surface area contributed by atoms with E-state index < -0.39 is 11.7 Å². The smallest absolute Gasteiger partial charge is 0.372 e. The van der Waals surface area contributed by atoms with E-state index in [2.05, 4.69) is 64.6 Å². The number of amides is 1. The molecule has 0 unspecified atom stereocenters. The van der Waals surface area contributed by atoms with Gasteiger partial charge in [-0.25, -0.2) is 4.98 Å². The Morgan fingerprint density at radius 2 is 1.88 bits per heavy atom. The maximum atomic E-state index is 13.7. The highest BCUT2D eigenvalue weighted by Crippen LogP contribution is 2.35. The van der Waals surface area contributed by atoms with Gasteiger partial charge in [0.1, 0.15) is 18.0 Å². The van der Waals surface area contributed by atoms with E-state index in [0.29, 0.717) is 26.1 Å². The highest BCUT2D eigenvalue weighted by atomic mass is 19.4. The first-order valence-electron chi connectivity index (χ1n) is 14.2. The number of rotatable bonds is 9. The largest absolute Gasteiger partial charge is 0.421 e. The first-order valence-corrected chi connectivity index (χ1v) is 14.2. The van der Waals surface area contributed by atoms with Gasteiger partial charge in [0, 0.05) is 68.0 Å². The average molecular weight is 578 g/mol. The molecule has 2 aliphatic heterocycles. The number of benzene rings is 1. The van der Waals surface area contributed by atoms with Gasteiger partial charge in [0.15, 0.2) is 0 Å². The van der Waals surface area contributed by atoms with E-state index in [-0.39, 0.29) is 41.9 Å². The van der Waals surface area contributed by atoms with Crippen molar-refractivity contribution in [3.63, 3.8) is 0 Å². The molecule has 2 aliphatic rings. The molecule has 0 saturated carbocycles. The van der Waals surface area contributed by atoms with Crippen molar-refractivity contribution in [1.82, 2.24) is 20.2 Å². The fraction of sp³-hybridized carbons (Fsp3) is 0.621. The fourth-order valence-corrected chi connectivity index (χ4v) is 5.73. The summed E-state index contributed by atoms with van der Waals surface area (Å²) in [6.07, 6.45) is -1.87. The van der Waals surface area contributed by atoms with E-state index in [1.165, 1.54) is 0 Å². The number of ether oxygens (including phenoxy) is 1. The molecule has 3 N–H and O–H groups in total. The van der Waals surface area contributed by atoms with Crippen LogP contribution in [0.3, 0.4) is 0 Å². The van der Waals surface area contributed by atoms with Crippen LogP contribution in [0.2, 0.25) is 0 Å². The number of nitrogens with zero attached hydrogens (tertiary/aromatic N) is 4. The second-order valence-electron chi connectivity index (χ2n) is 12.1. The third kappa shape index (κ3) is 8.22. The van der Waals surface area contributed by atoms with Crippen molar-refractivity contribution in [2.75, 3.05) is 61.5 Å². The topological polar surface area (TPSA) is 94.6 Å². The number of anilines is 4. The number of halogens is 3. The second-order valence-corrected chi connectivity index (χ2v) is 12.1. The number of alkyl halides is 3. The Kier molecular flexibility index (Phi) is 9.32. The lowest BCUT2D eigenvalue weighted by molar-refractivity contribution is -0.137. The minimum atomic E-state index is -4.61. The minimum absolute atomic E-state index is 0.0402. The summed E-state index contributed by atoms with van der Waals surface area (Å²) in [7, 11) is 0. The van der Waals surface area contributed by atoms with Gasteiger partial charge in [0.2, 0.25) is 11.9 Å². The Labute approximate surface area is 240 Å². The maximum Gasteiger partial charge on any atom is 0.421 e. The van der Waals surface area contributed by atoms with Crippen molar-refractivity contribution < 1.29 is 22.7 Å². The Hall–Kier alpha value is -3.12. The summed E-state index contributed by atoms with van der Waals surface area (Å²) in [5, 5.41) is 9.64. The van der Waals surface area contributed by atoms with Crippen LogP contribution in [0.25, 0.3) is 0 Å². The molecule has 9 nitrogen and oxygen atoms in total. The van der Waals surface area contributed by atoms with Crippen LogP contribution in [-0.2, 0) is 22.1 Å². The second kappa shape index (κ2) is 12.4. The van der Waals surface area contributed by atoms with Gasteiger partial charge in [-0.3, -0.25) is 4.79 Å². The van der Waals surface area contributed by atoms with Gasteiger partial charge in [-0.1, -0.05) is 6.92 Å². The van der Waals surface area contributed by atoms with E-state index in [0.717, 1.165) is 49.1 Å². The zero-order valence-electron chi connectivity index (χ0n) is 24.6. The molecule has 0 atom stereocenters. The molecule has 1 aromatic carbocycles. The lowest BCUT2D eigenvalue weighted by Gasteiger charge is -2.49. The van der Waals surface area contributed by atoms with Crippen LogP contribution in [0.1, 0.15) is 58.6 Å². The van der Waals surface area contributed by atoms with E-state index in [4.69, 9.17) is 4.74 Å². The molecule has 12 heteroatoms. The van der Waals surface area contributed by atoms with Crippen LogP contribution >= 0.6 is 0 Å². The number of piperazine rings is 1. The Balaban J connectivity index is 1.48. The lowest BCUT2D eigenvalue weighted by Crippen LogP contribution is -2.66. The minimum Gasteiger partial charge on any atom is -0.372 e. The fourth-order valence-electron chi connectivity index (χ4n) is 5.73. The molecular weight excluding hydrogens is 535 g/mol. The monoisotopic (exact) mass is 577 g/mol. The van der Waals surface area contributed by atoms with Crippen LogP contribution in [0.4, 0.5) is 36.3 Å². The number of aromatic nitrogens is 2. The number of hydrogen-bond donors (Lipinski definition) is 3. The van der Waals surface area contributed by atoms with Gasteiger partial charge in [-0.05, 0) is 70.7 Å². The van der Waals surface area contributed by atoms with Crippen LogP contribution < -0.4 is 20.9 Å². The molecule has 1 amide bonds. The number of nitrogens with one attached hydrogen (secondary N) is 3. The molecule has 3 heterocycles. The first-order chi connectivity index (χ1) is 19.3. The molecule has 0 bridgehead atoms. The van der Waals surface area contributed by atoms with Gasteiger partial charge < -0.3 is 30.5 Å². The summed E-state index contributed by atoms with van der Waals surface area (Å²) in [5.41, 5.74) is 1.81. The molecule has 0 radical (unpaired) electrons. The molecule has 2 aromatic rings. The highest BCUT2D eigenvalue weighted by molar-refractivity contribution is 5.77. The molecule has 1 aromatic heterocycles. The summed E-state index contributed by atoms with van der Waals surface area (Å²) in [4.78, 5) is 24.3. The van der Waals surface area contributed by atoms with Crippen LogP contribution in [0, 0.1) is 0 Å². The summed E-state index contributed by atoms with van der Waals surface area (Å²) < 4.78 is 46.4. The van der Waals surface area contributed by atoms with Gasteiger partial charge in [0.05, 0.1) is 0 Å². The number of hydrogen-bond acceptors (Lipinski definition) is 8. The first kappa shape index (κ1) is 30.8. The molecule has 4 rings (SSSR count). The SMILES string of the molecule is CCc1cc(N2CC(C)(C)NC(C)(C)C2)ccc1Nc1ncc(C(F)(F)F)c(NCCCN2CCCOCC2=O)n1. The zero-order chi connectivity index (χ0) is 29.8. The molecular formula is C29H42F3N7O2. The number of aryl methyl sites for hydroxylation is 1. The van der Waals surface area contributed by atoms with Crippen molar-refractivity contribution >= 4 is 29.0 Å². The van der Waals surface area contributed by atoms with Gasteiger partial charge in [0.25, 0.3) is 0 Å². The molecule has 226 valence electrons. The van der Waals surface area contributed by atoms with E-state index in [1.54, 1.807) is 4.90 Å². The van der Waals surface area contributed by atoms with Gasteiger partial charge >= 0.3 is 6.18 Å². The zero-order valence-corrected chi connectivity index (χ0v) is 24.6. The highest BCUT2D eigenvalue weighted by Gasteiger charge is 2.37. The van der Waals surface area contributed by atoms with Crippen molar-refractivity contribution in [2.45, 2.75) is 71.1 Å². The Bertz CT molecular complexity index is 1200. The predicted octanol–water partition coefficient (Wildman–Crippen LogP) is 4.82. The van der Waals surface area contributed by atoms with Gasteiger partial charge in [-0.15, -0.1) is 0 Å². The average Bonchev–Trinajstić information content (AvgIpc) is 3.08. The molecule has 2 fully saturated rings. The lowest BCUT2D eigenvalue weighted by atomic mass is 9.91. The standard InChI is InChI=1S/C29H42F3N7O2/c1-6-20-15-21(39-18-27(2,3)37-28(4,5)19-39)9-10-23(20)35-26-34-16-22(29(30,31)32)25(36-26)33-11-7-12-38-13-8-14-41-17-24(38)40/h9-10,15-16,37H,6-8,11-14,17-19H2,1-5H3,(H2,33,34,35,36). The Morgan fingerprint density at radius 3 is 2.56 bits per heavy atom. The van der Waals surface area contributed by atoms with Crippen molar-refractivity contribution in [3.8, 4) is 0 Å². The number of carbonyl (C=O) groups excluding carboxylic acids is 1. The van der Waals surface area contributed by atoms with Gasteiger partial charge in [-0.2, -0.15) is 18.2 Å².